The van der Waals surface area contributed by atoms with Crippen LogP contribution in [0.1, 0.15) is 42.9 Å². The monoisotopic (exact) mass is 470 g/mol. The highest BCUT2D eigenvalue weighted by atomic mass is 35.5. The summed E-state index contributed by atoms with van der Waals surface area (Å²) in [7, 11) is 1.36. The predicted octanol–water partition coefficient (Wildman–Crippen LogP) is 4.04. The Labute approximate surface area is 200 Å². The van der Waals surface area contributed by atoms with Gasteiger partial charge < -0.3 is 19.9 Å². The van der Waals surface area contributed by atoms with E-state index < -0.39 is 6.09 Å². The highest BCUT2D eigenvalue weighted by molar-refractivity contribution is 6.31. The maximum Gasteiger partial charge on any atom is 0.407 e. The first-order chi connectivity index (χ1) is 16.0. The molecule has 2 aliphatic heterocycles. The van der Waals surface area contributed by atoms with Crippen LogP contribution in [0, 0.1) is 5.41 Å². The van der Waals surface area contributed by atoms with E-state index in [2.05, 4.69) is 15.2 Å². The number of hydrogen-bond acceptors (Lipinski definition) is 5. The number of nitrogens with one attached hydrogen (secondary N) is 1. The van der Waals surface area contributed by atoms with Crippen molar-refractivity contribution in [2.45, 2.75) is 38.3 Å². The van der Waals surface area contributed by atoms with Crippen molar-refractivity contribution in [2.75, 3.05) is 33.3 Å². The highest BCUT2D eigenvalue weighted by Gasteiger charge is 2.47. The lowest BCUT2D eigenvalue weighted by atomic mass is 9.77. The van der Waals surface area contributed by atoms with Gasteiger partial charge in [0, 0.05) is 37.1 Å². The van der Waals surface area contributed by atoms with E-state index in [4.69, 9.17) is 16.3 Å². The summed E-state index contributed by atoms with van der Waals surface area (Å²) >= 11 is 6.39. The van der Waals surface area contributed by atoms with Crippen molar-refractivity contribution < 1.29 is 14.3 Å². The number of aromatic nitrogens is 1. The molecule has 0 bridgehead atoms. The molecule has 1 aromatic carbocycles. The minimum absolute atomic E-state index is 0.231. The number of ether oxygens (including phenoxy) is 1. The minimum Gasteiger partial charge on any atom is -0.453 e. The van der Waals surface area contributed by atoms with Crippen molar-refractivity contribution in [3.05, 3.63) is 64.9 Å². The van der Waals surface area contributed by atoms with Crippen LogP contribution in [0.3, 0.4) is 0 Å². The van der Waals surface area contributed by atoms with E-state index in [1.165, 1.54) is 7.11 Å². The van der Waals surface area contributed by atoms with Gasteiger partial charge in [-0.2, -0.15) is 0 Å². The fourth-order valence-corrected chi connectivity index (χ4v) is 5.27. The van der Waals surface area contributed by atoms with Gasteiger partial charge in [-0.05, 0) is 62.0 Å². The third-order valence-electron chi connectivity index (χ3n) is 7.00. The molecule has 1 aromatic heterocycles. The van der Waals surface area contributed by atoms with Crippen molar-refractivity contribution in [1.82, 2.24) is 20.1 Å². The number of hydrogen-bond donors (Lipinski definition) is 1. The predicted molar refractivity (Wildman–Crippen MR) is 127 cm³/mol. The van der Waals surface area contributed by atoms with E-state index >= 15 is 0 Å². The van der Waals surface area contributed by atoms with E-state index in [1.54, 1.807) is 6.20 Å². The second kappa shape index (κ2) is 10.5. The molecule has 0 radical (unpaired) electrons. The Morgan fingerprint density at radius 1 is 1.18 bits per heavy atom. The first-order valence-corrected chi connectivity index (χ1v) is 11.9. The number of carbonyl (C=O) groups excluding carboxylic acids is 2. The van der Waals surface area contributed by atoms with Gasteiger partial charge in [-0.25, -0.2) is 4.79 Å². The number of likely N-dealkylation sites (tertiary alicyclic amines) is 2. The third kappa shape index (κ3) is 5.47. The van der Waals surface area contributed by atoms with E-state index in [1.807, 2.05) is 47.5 Å². The maximum absolute atomic E-state index is 13.2. The molecule has 4 rings (SSSR count). The van der Waals surface area contributed by atoms with Gasteiger partial charge in [-0.3, -0.25) is 9.78 Å². The summed E-state index contributed by atoms with van der Waals surface area (Å²) in [6.07, 6.45) is 6.50. The van der Waals surface area contributed by atoms with E-state index in [9.17, 15) is 9.59 Å². The van der Waals surface area contributed by atoms with Crippen LogP contribution in [0.2, 0.25) is 5.02 Å². The highest BCUT2D eigenvalue weighted by Crippen LogP contribution is 2.42. The molecule has 7 nitrogen and oxygen atoms in total. The normalized spacial score (nSPS) is 19.0. The summed E-state index contributed by atoms with van der Waals surface area (Å²) in [5.41, 5.74) is 1.73. The van der Waals surface area contributed by atoms with E-state index in [-0.39, 0.29) is 17.4 Å². The fraction of sp³-hybridized carbons (Fsp3) is 0.480. The van der Waals surface area contributed by atoms with Gasteiger partial charge in [0.15, 0.2) is 0 Å². The largest absolute Gasteiger partial charge is 0.453 e. The van der Waals surface area contributed by atoms with Gasteiger partial charge in [-0.15, -0.1) is 0 Å². The van der Waals surface area contributed by atoms with Crippen LogP contribution in [-0.4, -0.2) is 60.1 Å². The number of benzene rings is 1. The molecule has 2 amide bonds. The summed E-state index contributed by atoms with van der Waals surface area (Å²) < 4.78 is 4.81. The number of carbonyl (C=O) groups is 2. The average molecular weight is 471 g/mol. The Balaban J connectivity index is 1.32. The van der Waals surface area contributed by atoms with Crippen molar-refractivity contribution in [3.63, 3.8) is 0 Å². The third-order valence-corrected chi connectivity index (χ3v) is 7.35. The van der Waals surface area contributed by atoms with Crippen molar-refractivity contribution in [1.29, 1.82) is 0 Å². The van der Waals surface area contributed by atoms with Crippen LogP contribution in [0.15, 0.2) is 48.8 Å². The zero-order valence-corrected chi connectivity index (χ0v) is 19.8. The number of amides is 2. The summed E-state index contributed by atoms with van der Waals surface area (Å²) in [5, 5.41) is 3.54. The molecule has 0 saturated carbocycles. The number of pyridine rings is 1. The van der Waals surface area contributed by atoms with Gasteiger partial charge in [0.1, 0.15) is 0 Å². The SMILES string of the molecule is COC(=O)NC(CCN1CCC2(CC1)CCN(Cc1cccnc1)C2=O)c1ccccc1Cl. The lowest BCUT2D eigenvalue weighted by molar-refractivity contribution is -0.138. The second-order valence-corrected chi connectivity index (χ2v) is 9.37. The number of methoxy groups -OCH3 is 1. The molecular formula is C25H31ClN4O3. The number of piperidine rings is 1. The van der Waals surface area contributed by atoms with Gasteiger partial charge in [-0.1, -0.05) is 35.9 Å². The van der Waals surface area contributed by atoms with Crippen molar-refractivity contribution >= 4 is 23.6 Å². The molecule has 2 saturated heterocycles. The molecule has 0 aliphatic carbocycles. The smallest absolute Gasteiger partial charge is 0.407 e. The zero-order chi connectivity index (χ0) is 23.3. The molecular weight excluding hydrogens is 440 g/mol. The number of alkyl carbamates (subject to hydrolysis) is 1. The van der Waals surface area contributed by atoms with Gasteiger partial charge in [0.25, 0.3) is 0 Å². The molecule has 1 atom stereocenters. The molecule has 1 unspecified atom stereocenters. The van der Waals surface area contributed by atoms with Crippen LogP contribution in [-0.2, 0) is 16.1 Å². The molecule has 33 heavy (non-hydrogen) atoms. The Morgan fingerprint density at radius 3 is 2.64 bits per heavy atom. The Kier molecular flexibility index (Phi) is 7.50. The zero-order valence-electron chi connectivity index (χ0n) is 19.0. The molecule has 8 heteroatoms. The van der Waals surface area contributed by atoms with Crippen molar-refractivity contribution in [3.8, 4) is 0 Å². The molecule has 2 aromatic rings. The van der Waals surface area contributed by atoms with E-state index in [0.717, 1.165) is 56.6 Å². The van der Waals surface area contributed by atoms with Crippen molar-refractivity contribution in [2.24, 2.45) is 5.41 Å². The molecule has 176 valence electrons. The standard InChI is InChI=1S/C25H31ClN4O3/c1-33-24(32)28-22(20-6-2-3-7-21(20)26)8-13-29-14-9-25(10-15-29)11-16-30(23(25)31)18-19-5-4-12-27-17-19/h2-7,12,17,22H,8-11,13-16,18H2,1H3,(H,28,32). The van der Waals surface area contributed by atoms with Gasteiger partial charge >= 0.3 is 6.09 Å². The average Bonchev–Trinajstić information content (AvgIpc) is 3.13. The lowest BCUT2D eigenvalue weighted by Crippen LogP contribution is -2.45. The summed E-state index contributed by atoms with van der Waals surface area (Å²) in [6.45, 7) is 4.01. The summed E-state index contributed by atoms with van der Waals surface area (Å²) in [6, 6.07) is 11.3. The lowest BCUT2D eigenvalue weighted by Gasteiger charge is -2.38. The Bertz CT molecular complexity index is 963. The summed E-state index contributed by atoms with van der Waals surface area (Å²) in [5.74, 6) is 0.285. The Hall–Kier alpha value is -2.64. The number of halogens is 1. The van der Waals surface area contributed by atoms with E-state index in [0.29, 0.717) is 18.0 Å². The van der Waals surface area contributed by atoms with Crippen LogP contribution in [0.5, 0.6) is 0 Å². The fourth-order valence-electron chi connectivity index (χ4n) is 5.00. The molecule has 3 heterocycles. The van der Waals surface area contributed by atoms with Crippen LogP contribution >= 0.6 is 11.6 Å². The van der Waals surface area contributed by atoms with Crippen LogP contribution in [0.25, 0.3) is 0 Å². The first-order valence-electron chi connectivity index (χ1n) is 11.5. The van der Waals surface area contributed by atoms with Crippen LogP contribution in [0.4, 0.5) is 4.79 Å². The van der Waals surface area contributed by atoms with Crippen LogP contribution < -0.4 is 5.32 Å². The maximum atomic E-state index is 13.2. The molecule has 2 aliphatic rings. The first kappa shape index (κ1) is 23.5. The number of rotatable bonds is 7. The second-order valence-electron chi connectivity index (χ2n) is 8.96. The molecule has 1 N–H and O–H groups in total. The van der Waals surface area contributed by atoms with Gasteiger partial charge in [0.05, 0.1) is 18.6 Å². The summed E-state index contributed by atoms with van der Waals surface area (Å²) in [4.78, 5) is 33.7. The number of nitrogens with zero attached hydrogens (tertiary/aromatic N) is 3. The van der Waals surface area contributed by atoms with Gasteiger partial charge in [0.2, 0.25) is 5.91 Å². The molecule has 1 spiro atoms. The Morgan fingerprint density at radius 2 is 1.94 bits per heavy atom. The topological polar surface area (TPSA) is 74.8 Å². The minimum atomic E-state index is -0.470. The molecule has 2 fully saturated rings. The quantitative estimate of drug-likeness (QED) is 0.661.